The molecule has 1 saturated carbocycles. The fraction of sp³-hybridized carbons (Fsp3) is 0.412. The van der Waals surface area contributed by atoms with Crippen molar-refractivity contribution in [3.8, 4) is 0 Å². The number of amides is 1. The van der Waals surface area contributed by atoms with Crippen LogP contribution >= 0.6 is 27.5 Å². The molecule has 23 heavy (non-hydrogen) atoms. The molecule has 2 fully saturated rings. The third-order valence-corrected chi connectivity index (χ3v) is 5.91. The summed E-state index contributed by atoms with van der Waals surface area (Å²) in [7, 11) is 0. The van der Waals surface area contributed by atoms with Crippen molar-refractivity contribution in [2.75, 3.05) is 13.2 Å². The smallest absolute Gasteiger partial charge is 0.249 e. The van der Waals surface area contributed by atoms with Gasteiger partial charge in [-0.15, -0.1) is 0 Å². The molecule has 1 amide bonds. The van der Waals surface area contributed by atoms with Crippen molar-refractivity contribution >= 4 is 45.7 Å². The number of nitrogens with two attached hydrogens (primary N) is 1. The van der Waals surface area contributed by atoms with Crippen LogP contribution in [0.25, 0.3) is 6.08 Å². The average Bonchev–Trinajstić information content (AvgIpc) is 3.23. The lowest BCUT2D eigenvalue weighted by Gasteiger charge is -2.21. The van der Waals surface area contributed by atoms with Crippen LogP contribution in [0.3, 0.4) is 0 Å². The molecule has 6 heteroatoms. The first kappa shape index (κ1) is 16.7. The summed E-state index contributed by atoms with van der Waals surface area (Å²) in [5.74, 6) is -0.00399. The highest BCUT2D eigenvalue weighted by Gasteiger charge is 2.57. The van der Waals surface area contributed by atoms with Crippen molar-refractivity contribution < 1.29 is 9.53 Å². The van der Waals surface area contributed by atoms with Gasteiger partial charge in [-0.1, -0.05) is 11.6 Å². The third kappa shape index (κ3) is 3.52. The monoisotopic (exact) mass is 396 g/mol. The summed E-state index contributed by atoms with van der Waals surface area (Å²) in [5.41, 5.74) is 7.25. The van der Waals surface area contributed by atoms with Crippen molar-refractivity contribution in [2.45, 2.75) is 19.3 Å². The molecule has 0 bridgehead atoms. The molecule has 1 heterocycles. The van der Waals surface area contributed by atoms with E-state index in [9.17, 15) is 4.79 Å². The normalized spacial score (nSPS) is 23.0. The summed E-state index contributed by atoms with van der Waals surface area (Å²) in [5, 5.41) is 0.570. The van der Waals surface area contributed by atoms with E-state index in [0.29, 0.717) is 5.02 Å². The topological polar surface area (TPSA) is 64.7 Å². The minimum atomic E-state index is -0.0476. The van der Waals surface area contributed by atoms with Crippen molar-refractivity contribution in [3.63, 3.8) is 0 Å². The Balaban J connectivity index is 1.75. The Morgan fingerprint density at radius 2 is 2.13 bits per heavy atom. The van der Waals surface area contributed by atoms with Gasteiger partial charge in [0, 0.05) is 35.4 Å². The fourth-order valence-electron chi connectivity index (χ4n) is 3.19. The van der Waals surface area contributed by atoms with Gasteiger partial charge < -0.3 is 10.5 Å². The number of benzene rings is 1. The first-order valence-corrected chi connectivity index (χ1v) is 8.76. The lowest BCUT2D eigenvalue weighted by atomic mass is 9.94. The van der Waals surface area contributed by atoms with Crippen LogP contribution in [0.15, 0.2) is 27.8 Å². The maximum absolute atomic E-state index is 12.3. The Morgan fingerprint density at radius 3 is 2.83 bits per heavy atom. The molecule has 122 valence electrons. The van der Waals surface area contributed by atoms with Crippen LogP contribution in [0.2, 0.25) is 5.02 Å². The molecular formula is C17H18BrClN2O2. The van der Waals surface area contributed by atoms with Gasteiger partial charge in [0.05, 0.1) is 5.02 Å². The Bertz CT molecular complexity index is 681. The first-order valence-electron chi connectivity index (χ1n) is 7.59. The quantitative estimate of drug-likeness (QED) is 0.789. The molecule has 2 aliphatic rings. The van der Waals surface area contributed by atoms with Crippen LogP contribution in [-0.2, 0) is 9.53 Å². The zero-order chi connectivity index (χ0) is 16.4. The predicted octanol–water partition coefficient (Wildman–Crippen LogP) is 3.79. The van der Waals surface area contributed by atoms with E-state index in [1.165, 1.54) is 6.20 Å². The van der Waals surface area contributed by atoms with Crippen molar-refractivity contribution in [1.82, 2.24) is 0 Å². The molecule has 0 aromatic heterocycles. The average molecular weight is 398 g/mol. The molecule has 1 spiro atoms. The lowest BCUT2D eigenvalue weighted by molar-refractivity contribution is -0.120. The number of carbonyl (C=O) groups excluding carboxylic acids is 1. The minimum Gasteiger partial charge on any atom is -0.405 e. The Kier molecular flexibility index (Phi) is 4.90. The molecule has 2 N–H and O–H groups in total. The molecular weight excluding hydrogens is 380 g/mol. The van der Waals surface area contributed by atoms with E-state index in [1.807, 2.05) is 6.07 Å². The number of ether oxygens (including phenoxy) is 1. The predicted molar refractivity (Wildman–Crippen MR) is 95.6 cm³/mol. The van der Waals surface area contributed by atoms with Crippen LogP contribution in [0.4, 0.5) is 0 Å². The summed E-state index contributed by atoms with van der Waals surface area (Å²) >= 11 is 9.51. The van der Waals surface area contributed by atoms with E-state index in [4.69, 9.17) is 22.1 Å². The molecule has 1 atom stereocenters. The highest BCUT2D eigenvalue weighted by atomic mass is 79.9. The molecule has 1 aliphatic carbocycles. The Labute approximate surface area is 148 Å². The second kappa shape index (κ2) is 6.75. The second-order valence-electron chi connectivity index (χ2n) is 6.08. The second-order valence-corrected chi connectivity index (χ2v) is 7.34. The van der Waals surface area contributed by atoms with E-state index in [-0.39, 0.29) is 17.2 Å². The van der Waals surface area contributed by atoms with Crippen LogP contribution < -0.4 is 5.73 Å². The molecule has 1 aromatic rings. The standard InChI is InChI=1S/C17H18BrClN2O2/c18-14-7-11(1-4-20)12(8-15(14)19)10-21-16(22)13-9-17(13)2-5-23-6-3-17/h1,4,7-8,10,13H,2-3,5-6,9,20H2/b4-1+,21-10?. The fourth-order valence-corrected chi connectivity index (χ4v) is 3.72. The van der Waals surface area contributed by atoms with Gasteiger partial charge in [-0.25, -0.2) is 4.99 Å². The maximum atomic E-state index is 12.3. The van der Waals surface area contributed by atoms with Crippen molar-refractivity contribution in [3.05, 3.63) is 39.0 Å². The van der Waals surface area contributed by atoms with Gasteiger partial charge in [-0.2, -0.15) is 0 Å². The van der Waals surface area contributed by atoms with Gasteiger partial charge >= 0.3 is 0 Å². The summed E-state index contributed by atoms with van der Waals surface area (Å²) in [4.78, 5) is 16.5. The summed E-state index contributed by atoms with van der Waals surface area (Å²) in [6.45, 7) is 1.50. The Hall–Kier alpha value is -1.17. The summed E-state index contributed by atoms with van der Waals surface area (Å²) < 4.78 is 6.16. The SMILES string of the molecule is N/C=C/c1cc(Br)c(Cl)cc1C=NC(=O)C1CC12CCOCC2. The number of carbonyl (C=O) groups is 1. The number of hydrogen-bond acceptors (Lipinski definition) is 3. The minimum absolute atomic E-state index is 0.0436. The molecule has 1 unspecified atom stereocenters. The molecule has 1 aliphatic heterocycles. The number of hydrogen-bond donors (Lipinski definition) is 1. The highest BCUT2D eigenvalue weighted by Crippen LogP contribution is 2.59. The first-order chi connectivity index (χ1) is 11.1. The number of halogens is 2. The van der Waals surface area contributed by atoms with Crippen LogP contribution in [0.5, 0.6) is 0 Å². The number of rotatable bonds is 3. The zero-order valence-electron chi connectivity index (χ0n) is 12.6. The van der Waals surface area contributed by atoms with Crippen LogP contribution in [0, 0.1) is 11.3 Å². The zero-order valence-corrected chi connectivity index (χ0v) is 14.9. The largest absolute Gasteiger partial charge is 0.405 e. The Morgan fingerprint density at radius 1 is 1.39 bits per heavy atom. The maximum Gasteiger partial charge on any atom is 0.249 e. The van der Waals surface area contributed by atoms with Gasteiger partial charge in [0.2, 0.25) is 5.91 Å². The van der Waals surface area contributed by atoms with Crippen molar-refractivity contribution in [2.24, 2.45) is 22.1 Å². The molecule has 1 saturated heterocycles. The van der Waals surface area contributed by atoms with Crippen molar-refractivity contribution in [1.29, 1.82) is 0 Å². The van der Waals surface area contributed by atoms with Gasteiger partial charge in [-0.05, 0) is 70.6 Å². The van der Waals surface area contributed by atoms with E-state index < -0.39 is 0 Å². The van der Waals surface area contributed by atoms with E-state index in [0.717, 1.165) is 48.1 Å². The molecule has 1 aromatic carbocycles. The molecule has 3 rings (SSSR count). The number of nitrogens with zero attached hydrogens (tertiary/aromatic N) is 1. The van der Waals surface area contributed by atoms with Gasteiger partial charge in [0.1, 0.15) is 0 Å². The lowest BCUT2D eigenvalue weighted by Crippen LogP contribution is -2.20. The van der Waals surface area contributed by atoms with Gasteiger partial charge in [0.25, 0.3) is 0 Å². The highest BCUT2D eigenvalue weighted by molar-refractivity contribution is 9.10. The van der Waals surface area contributed by atoms with E-state index >= 15 is 0 Å². The van der Waals surface area contributed by atoms with Gasteiger partial charge in [-0.3, -0.25) is 4.79 Å². The van der Waals surface area contributed by atoms with E-state index in [1.54, 1.807) is 18.4 Å². The molecule has 0 radical (unpaired) electrons. The molecule has 4 nitrogen and oxygen atoms in total. The summed E-state index contributed by atoms with van der Waals surface area (Å²) in [6, 6.07) is 3.63. The van der Waals surface area contributed by atoms with E-state index in [2.05, 4.69) is 20.9 Å². The van der Waals surface area contributed by atoms with Crippen LogP contribution in [-0.4, -0.2) is 25.3 Å². The number of aliphatic imine (C=N–C) groups is 1. The third-order valence-electron chi connectivity index (χ3n) is 4.71. The summed E-state index contributed by atoms with van der Waals surface area (Å²) in [6.07, 6.45) is 7.65. The van der Waals surface area contributed by atoms with Crippen LogP contribution in [0.1, 0.15) is 30.4 Å². The van der Waals surface area contributed by atoms with Gasteiger partial charge in [0.15, 0.2) is 0 Å².